The lowest BCUT2D eigenvalue weighted by molar-refractivity contribution is -0.122. The van der Waals surface area contributed by atoms with Crippen LogP contribution in [0.1, 0.15) is 43.2 Å². The summed E-state index contributed by atoms with van der Waals surface area (Å²) in [6.07, 6.45) is 0.992. The van der Waals surface area contributed by atoms with Crippen LogP contribution in [0.3, 0.4) is 0 Å². The molecule has 0 radical (unpaired) electrons. The van der Waals surface area contributed by atoms with Crippen molar-refractivity contribution >= 4 is 18.3 Å². The number of carbonyl (C=O) groups is 1. The number of hydrogen-bond acceptors (Lipinski definition) is 2. The van der Waals surface area contributed by atoms with Crippen molar-refractivity contribution in [3.8, 4) is 0 Å². The number of nitrogens with one attached hydrogen (secondary N) is 2. The number of amides is 1. The second-order valence-corrected chi connectivity index (χ2v) is 5.66. The van der Waals surface area contributed by atoms with Crippen LogP contribution in [0.25, 0.3) is 0 Å². The lowest BCUT2D eigenvalue weighted by atomic mass is 10.00. The minimum Gasteiger partial charge on any atom is -0.355 e. The van der Waals surface area contributed by atoms with Crippen LogP contribution < -0.4 is 10.6 Å². The fourth-order valence-corrected chi connectivity index (χ4v) is 2.42. The minimum absolute atomic E-state index is 0. The van der Waals surface area contributed by atoms with Crippen molar-refractivity contribution in [2.45, 2.75) is 32.1 Å². The topological polar surface area (TPSA) is 41.1 Å². The lowest BCUT2D eigenvalue weighted by Crippen LogP contribution is -2.31. The molecule has 1 aromatic rings. The van der Waals surface area contributed by atoms with Gasteiger partial charge in [-0.1, -0.05) is 38.1 Å². The summed E-state index contributed by atoms with van der Waals surface area (Å²) >= 11 is 0. The van der Waals surface area contributed by atoms with Crippen LogP contribution in [-0.4, -0.2) is 26.0 Å². The third kappa shape index (κ3) is 4.22. The molecule has 1 aliphatic carbocycles. The molecule has 0 spiro atoms. The van der Waals surface area contributed by atoms with E-state index in [1.807, 2.05) is 7.05 Å². The number of likely N-dealkylation sites (N-methyl/N-ethyl adjacent to an activating group) is 1. The molecule has 1 fully saturated rings. The molecule has 0 aromatic heterocycles. The zero-order chi connectivity index (χ0) is 13.8. The third-order valence-electron chi connectivity index (χ3n) is 3.83. The first-order chi connectivity index (χ1) is 9.13. The van der Waals surface area contributed by atoms with Crippen molar-refractivity contribution in [3.63, 3.8) is 0 Å². The van der Waals surface area contributed by atoms with Gasteiger partial charge < -0.3 is 10.6 Å². The number of halogens is 1. The van der Waals surface area contributed by atoms with Gasteiger partial charge in [-0.25, -0.2) is 0 Å². The van der Waals surface area contributed by atoms with E-state index in [0.29, 0.717) is 18.4 Å². The first-order valence-corrected chi connectivity index (χ1v) is 7.15. The Morgan fingerprint density at radius 1 is 1.25 bits per heavy atom. The SMILES string of the molecule is CNCCNC(=O)C1CC1c1ccc(C(C)C)cc1.Cl. The molecule has 112 valence electrons. The fraction of sp³-hybridized carbons (Fsp3) is 0.562. The highest BCUT2D eigenvalue weighted by Crippen LogP contribution is 2.47. The summed E-state index contributed by atoms with van der Waals surface area (Å²) in [7, 11) is 1.89. The Morgan fingerprint density at radius 3 is 2.45 bits per heavy atom. The largest absolute Gasteiger partial charge is 0.355 e. The smallest absolute Gasteiger partial charge is 0.223 e. The monoisotopic (exact) mass is 296 g/mol. The number of hydrogen-bond donors (Lipinski definition) is 2. The molecule has 0 heterocycles. The summed E-state index contributed by atoms with van der Waals surface area (Å²) in [6, 6.07) is 8.74. The highest BCUT2D eigenvalue weighted by atomic mass is 35.5. The van der Waals surface area contributed by atoms with Crippen LogP contribution in [0.4, 0.5) is 0 Å². The molecular formula is C16H25ClN2O. The molecule has 1 saturated carbocycles. The van der Waals surface area contributed by atoms with Crippen molar-refractivity contribution < 1.29 is 4.79 Å². The van der Waals surface area contributed by atoms with E-state index in [0.717, 1.165) is 13.0 Å². The Balaban J connectivity index is 0.00000200. The third-order valence-corrected chi connectivity index (χ3v) is 3.83. The molecule has 20 heavy (non-hydrogen) atoms. The van der Waals surface area contributed by atoms with Crippen LogP contribution in [-0.2, 0) is 4.79 Å². The lowest BCUT2D eigenvalue weighted by Gasteiger charge is -2.07. The minimum atomic E-state index is 0. The average Bonchev–Trinajstić information content (AvgIpc) is 3.19. The van der Waals surface area contributed by atoms with Crippen LogP contribution in [0, 0.1) is 5.92 Å². The van der Waals surface area contributed by atoms with Gasteiger partial charge in [0.2, 0.25) is 5.91 Å². The van der Waals surface area contributed by atoms with Gasteiger partial charge in [-0.15, -0.1) is 12.4 Å². The number of benzene rings is 1. The highest BCUT2D eigenvalue weighted by molar-refractivity contribution is 5.85. The summed E-state index contributed by atoms with van der Waals surface area (Å²) in [5, 5.41) is 6.00. The standard InChI is InChI=1S/C16H24N2O.ClH/c1-11(2)12-4-6-13(7-5-12)14-10-15(14)16(19)18-9-8-17-3;/h4-7,11,14-15,17H,8-10H2,1-3H3,(H,18,19);1H. The Labute approximate surface area is 127 Å². The van der Waals surface area contributed by atoms with Crippen molar-refractivity contribution in [2.24, 2.45) is 5.92 Å². The maximum atomic E-state index is 11.9. The van der Waals surface area contributed by atoms with Crippen molar-refractivity contribution in [3.05, 3.63) is 35.4 Å². The summed E-state index contributed by atoms with van der Waals surface area (Å²) < 4.78 is 0. The van der Waals surface area contributed by atoms with Gasteiger partial charge in [-0.3, -0.25) is 4.79 Å². The van der Waals surface area contributed by atoms with E-state index in [2.05, 4.69) is 48.7 Å². The van der Waals surface area contributed by atoms with Gasteiger partial charge in [0.25, 0.3) is 0 Å². The van der Waals surface area contributed by atoms with E-state index in [9.17, 15) is 4.79 Å². The van der Waals surface area contributed by atoms with Gasteiger partial charge in [-0.05, 0) is 36.4 Å². The molecule has 3 nitrogen and oxygen atoms in total. The van der Waals surface area contributed by atoms with Crippen LogP contribution in [0.15, 0.2) is 24.3 Å². The average molecular weight is 297 g/mol. The Bertz CT molecular complexity index is 431. The molecule has 2 atom stereocenters. The summed E-state index contributed by atoms with van der Waals surface area (Å²) in [6.45, 7) is 5.94. The maximum absolute atomic E-state index is 11.9. The first kappa shape index (κ1) is 17.0. The normalized spacial score (nSPS) is 20.4. The van der Waals surface area contributed by atoms with Crippen LogP contribution in [0.5, 0.6) is 0 Å². The number of carbonyl (C=O) groups excluding carboxylic acids is 1. The summed E-state index contributed by atoms with van der Waals surface area (Å²) in [5.41, 5.74) is 2.66. The molecule has 0 saturated heterocycles. The molecule has 0 bridgehead atoms. The van der Waals surface area contributed by atoms with E-state index >= 15 is 0 Å². The van der Waals surface area contributed by atoms with Crippen LogP contribution >= 0.6 is 12.4 Å². The second-order valence-electron chi connectivity index (χ2n) is 5.66. The summed E-state index contributed by atoms with van der Waals surface area (Å²) in [4.78, 5) is 11.9. The molecule has 1 aliphatic rings. The fourth-order valence-electron chi connectivity index (χ4n) is 2.42. The highest BCUT2D eigenvalue weighted by Gasteiger charge is 2.43. The molecule has 2 unspecified atom stereocenters. The van der Waals surface area contributed by atoms with Crippen molar-refractivity contribution in [1.29, 1.82) is 0 Å². The molecule has 2 N–H and O–H groups in total. The second kappa shape index (κ2) is 7.65. The van der Waals surface area contributed by atoms with Crippen molar-refractivity contribution in [2.75, 3.05) is 20.1 Å². The molecule has 0 aliphatic heterocycles. The molecule has 2 rings (SSSR count). The Hall–Kier alpha value is -1.06. The Kier molecular flexibility index (Phi) is 6.50. The zero-order valence-corrected chi connectivity index (χ0v) is 13.3. The number of rotatable bonds is 6. The maximum Gasteiger partial charge on any atom is 0.223 e. The van der Waals surface area contributed by atoms with Gasteiger partial charge in [0.1, 0.15) is 0 Å². The van der Waals surface area contributed by atoms with Gasteiger partial charge >= 0.3 is 0 Å². The van der Waals surface area contributed by atoms with E-state index in [4.69, 9.17) is 0 Å². The van der Waals surface area contributed by atoms with Crippen molar-refractivity contribution in [1.82, 2.24) is 10.6 Å². The van der Waals surface area contributed by atoms with Gasteiger partial charge in [-0.2, -0.15) is 0 Å². The Morgan fingerprint density at radius 2 is 1.90 bits per heavy atom. The zero-order valence-electron chi connectivity index (χ0n) is 12.5. The predicted molar refractivity (Wildman–Crippen MR) is 85.6 cm³/mol. The molecular weight excluding hydrogens is 272 g/mol. The first-order valence-electron chi connectivity index (χ1n) is 7.15. The summed E-state index contributed by atoms with van der Waals surface area (Å²) in [5.74, 6) is 1.37. The van der Waals surface area contributed by atoms with E-state index < -0.39 is 0 Å². The van der Waals surface area contributed by atoms with E-state index in [1.54, 1.807) is 0 Å². The van der Waals surface area contributed by atoms with Crippen LogP contribution in [0.2, 0.25) is 0 Å². The van der Waals surface area contributed by atoms with E-state index in [1.165, 1.54) is 11.1 Å². The van der Waals surface area contributed by atoms with Gasteiger partial charge in [0.15, 0.2) is 0 Å². The molecule has 1 aromatic carbocycles. The predicted octanol–water partition coefficient (Wildman–Crippen LogP) is 2.67. The molecule has 1 amide bonds. The van der Waals surface area contributed by atoms with Gasteiger partial charge in [0, 0.05) is 19.0 Å². The van der Waals surface area contributed by atoms with Gasteiger partial charge in [0.05, 0.1) is 0 Å². The quantitative estimate of drug-likeness (QED) is 0.793. The van der Waals surface area contributed by atoms with E-state index in [-0.39, 0.29) is 24.2 Å². The molecule has 4 heteroatoms.